The van der Waals surface area contributed by atoms with Gasteiger partial charge < -0.3 is 9.47 Å². The van der Waals surface area contributed by atoms with Crippen LogP contribution < -0.4 is 0 Å². The Kier molecular flexibility index (Phi) is 7.05. The van der Waals surface area contributed by atoms with Gasteiger partial charge in [0, 0.05) is 40.1 Å². The molecule has 0 N–H and O–H groups in total. The molecule has 2 aromatic carbocycles. The largest absolute Gasteiger partial charge is 0.345 e. The second-order valence-electron chi connectivity index (χ2n) is 7.69. The molecule has 0 saturated heterocycles. The number of amides is 1. The third-order valence-electron chi connectivity index (χ3n) is 5.29. The fraction of sp³-hybridized carbons (Fsp3) is 0.292. The van der Waals surface area contributed by atoms with E-state index in [1.165, 1.54) is 0 Å². The molecule has 1 amide bonds. The lowest BCUT2D eigenvalue weighted by molar-refractivity contribution is 0.0622. The first-order valence-corrected chi connectivity index (χ1v) is 10.6. The molecule has 3 rings (SSSR count). The highest BCUT2D eigenvalue weighted by atomic mass is 35.5. The van der Waals surface area contributed by atoms with E-state index in [4.69, 9.17) is 23.2 Å². The third-order valence-corrected chi connectivity index (χ3v) is 5.76. The average molecular weight is 429 g/mol. The van der Waals surface area contributed by atoms with Crippen LogP contribution in [0.2, 0.25) is 10.0 Å². The zero-order valence-electron chi connectivity index (χ0n) is 17.0. The molecule has 1 unspecified atom stereocenters. The molecule has 0 saturated carbocycles. The van der Waals surface area contributed by atoms with Crippen LogP contribution in [0.1, 0.15) is 42.4 Å². The van der Waals surface area contributed by atoms with E-state index in [9.17, 15) is 4.79 Å². The monoisotopic (exact) mass is 428 g/mol. The molecular formula is C24H26Cl2N2O. The van der Waals surface area contributed by atoms with Crippen LogP contribution in [0.3, 0.4) is 0 Å². The lowest BCUT2D eigenvalue weighted by Gasteiger charge is -2.32. The Bertz CT molecular complexity index is 980. The summed E-state index contributed by atoms with van der Waals surface area (Å²) in [6, 6.07) is 19.2. The van der Waals surface area contributed by atoms with Crippen molar-refractivity contribution < 1.29 is 4.79 Å². The van der Waals surface area contributed by atoms with Gasteiger partial charge in [-0.25, -0.2) is 0 Å². The molecule has 0 fully saturated rings. The van der Waals surface area contributed by atoms with Gasteiger partial charge in [0.1, 0.15) is 0 Å². The second kappa shape index (κ2) is 9.51. The van der Waals surface area contributed by atoms with Gasteiger partial charge in [-0.05, 0) is 60.9 Å². The number of hydrogen-bond donors (Lipinski definition) is 0. The Morgan fingerprint density at radius 1 is 0.966 bits per heavy atom. The lowest BCUT2D eigenvalue weighted by Crippen LogP contribution is -2.41. The number of rotatable bonds is 7. The summed E-state index contributed by atoms with van der Waals surface area (Å²) in [5.41, 5.74) is 2.81. The average Bonchev–Trinajstić information content (AvgIpc) is 3.11. The summed E-state index contributed by atoms with van der Waals surface area (Å²) in [7, 11) is 0. The zero-order chi connectivity index (χ0) is 21.0. The normalized spacial score (nSPS) is 12.2. The molecule has 1 heterocycles. The fourth-order valence-electron chi connectivity index (χ4n) is 3.30. The Labute approximate surface area is 182 Å². The van der Waals surface area contributed by atoms with E-state index in [1.54, 1.807) is 12.1 Å². The first kappa shape index (κ1) is 21.5. The maximum Gasteiger partial charge on any atom is 0.254 e. The number of carbonyl (C=O) groups excluding carboxylic acids is 1. The van der Waals surface area contributed by atoms with Crippen LogP contribution in [0.15, 0.2) is 66.9 Å². The minimum atomic E-state index is -0.00999. The maximum atomic E-state index is 13.3. The van der Waals surface area contributed by atoms with Gasteiger partial charge in [0.2, 0.25) is 0 Å². The number of hydrogen-bond acceptors (Lipinski definition) is 1. The van der Waals surface area contributed by atoms with Crippen molar-refractivity contribution in [2.24, 2.45) is 5.92 Å². The minimum Gasteiger partial charge on any atom is -0.345 e. The van der Waals surface area contributed by atoms with E-state index in [0.29, 0.717) is 29.6 Å². The Balaban J connectivity index is 1.87. The van der Waals surface area contributed by atoms with E-state index in [-0.39, 0.29) is 11.9 Å². The Morgan fingerprint density at radius 3 is 2.31 bits per heavy atom. The molecule has 3 aromatic rings. The van der Waals surface area contributed by atoms with Crippen molar-refractivity contribution >= 4 is 29.1 Å². The number of aromatic nitrogens is 1. The lowest BCUT2D eigenvalue weighted by atomic mass is 10.0. The summed E-state index contributed by atoms with van der Waals surface area (Å²) in [6.45, 7) is 7.59. The van der Waals surface area contributed by atoms with Crippen LogP contribution >= 0.6 is 23.2 Å². The predicted octanol–water partition coefficient (Wildman–Crippen LogP) is 6.53. The summed E-state index contributed by atoms with van der Waals surface area (Å²) in [5.74, 6) is 0.318. The first-order chi connectivity index (χ1) is 13.8. The Morgan fingerprint density at radius 2 is 1.66 bits per heavy atom. The molecule has 0 aliphatic rings. The van der Waals surface area contributed by atoms with E-state index >= 15 is 0 Å². The van der Waals surface area contributed by atoms with Crippen molar-refractivity contribution in [3.63, 3.8) is 0 Å². The minimum absolute atomic E-state index is 0.00999. The fourth-order valence-corrected chi connectivity index (χ4v) is 3.70. The summed E-state index contributed by atoms with van der Waals surface area (Å²) >= 11 is 12.3. The van der Waals surface area contributed by atoms with Crippen LogP contribution in [0.5, 0.6) is 0 Å². The van der Waals surface area contributed by atoms with E-state index in [2.05, 4.69) is 37.5 Å². The predicted molar refractivity (Wildman–Crippen MR) is 121 cm³/mol. The number of nitrogens with zero attached hydrogens (tertiary/aromatic N) is 2. The topological polar surface area (TPSA) is 25.2 Å². The summed E-state index contributed by atoms with van der Waals surface area (Å²) < 4.78 is 2.16. The summed E-state index contributed by atoms with van der Waals surface area (Å²) in [4.78, 5) is 15.3. The molecule has 0 aliphatic carbocycles. The molecule has 1 atom stereocenters. The van der Waals surface area contributed by atoms with E-state index in [1.807, 2.05) is 47.5 Å². The van der Waals surface area contributed by atoms with Gasteiger partial charge in [-0.2, -0.15) is 0 Å². The van der Waals surface area contributed by atoms with Crippen LogP contribution in [-0.4, -0.2) is 21.4 Å². The number of carbonyl (C=O) groups is 1. The van der Waals surface area contributed by atoms with Gasteiger partial charge in [-0.15, -0.1) is 0 Å². The van der Waals surface area contributed by atoms with E-state index < -0.39 is 0 Å². The van der Waals surface area contributed by atoms with Crippen molar-refractivity contribution in [3.8, 4) is 0 Å². The molecule has 0 radical (unpaired) electrons. The van der Waals surface area contributed by atoms with Crippen molar-refractivity contribution in [1.82, 2.24) is 9.47 Å². The van der Waals surface area contributed by atoms with Crippen LogP contribution in [-0.2, 0) is 13.1 Å². The quantitative estimate of drug-likeness (QED) is 0.419. The Hall–Kier alpha value is -2.23. The second-order valence-corrected chi connectivity index (χ2v) is 8.56. The zero-order valence-corrected chi connectivity index (χ0v) is 18.5. The molecule has 1 aromatic heterocycles. The van der Waals surface area contributed by atoms with Crippen molar-refractivity contribution in [2.45, 2.75) is 39.9 Å². The highest BCUT2D eigenvalue weighted by Crippen LogP contribution is 2.21. The van der Waals surface area contributed by atoms with Crippen molar-refractivity contribution in [2.75, 3.05) is 0 Å². The molecule has 0 spiro atoms. The molecule has 0 bridgehead atoms. The summed E-state index contributed by atoms with van der Waals surface area (Å²) in [5, 5.41) is 1.29. The third kappa shape index (κ3) is 5.43. The van der Waals surface area contributed by atoms with Crippen LogP contribution in [0.25, 0.3) is 0 Å². The summed E-state index contributed by atoms with van der Waals surface area (Å²) in [6.07, 6.45) is 2.04. The van der Waals surface area contributed by atoms with Gasteiger partial charge in [0.05, 0.1) is 6.54 Å². The molecular weight excluding hydrogens is 403 g/mol. The molecule has 0 aliphatic heterocycles. The van der Waals surface area contributed by atoms with E-state index in [0.717, 1.165) is 16.3 Å². The standard InChI is InChI=1S/C24H26Cl2N2O/c1-17(2)18(3)28(24(29)20-8-5-10-22(26)14-20)16-23-11-6-12-27(23)15-19-7-4-9-21(25)13-19/h4-14,17-18H,15-16H2,1-3H3. The molecule has 29 heavy (non-hydrogen) atoms. The highest BCUT2D eigenvalue weighted by Gasteiger charge is 2.25. The highest BCUT2D eigenvalue weighted by molar-refractivity contribution is 6.31. The first-order valence-electron chi connectivity index (χ1n) is 9.80. The number of benzene rings is 2. The molecule has 152 valence electrons. The molecule has 5 heteroatoms. The smallest absolute Gasteiger partial charge is 0.254 e. The van der Waals surface area contributed by atoms with Crippen molar-refractivity contribution in [1.29, 1.82) is 0 Å². The number of halogens is 2. The van der Waals surface area contributed by atoms with Crippen LogP contribution in [0.4, 0.5) is 0 Å². The SMILES string of the molecule is CC(C)C(C)N(Cc1cccn1Cc1cccc(Cl)c1)C(=O)c1cccc(Cl)c1. The van der Waals surface area contributed by atoms with Gasteiger partial charge in [-0.1, -0.05) is 55.2 Å². The molecule has 3 nitrogen and oxygen atoms in total. The van der Waals surface area contributed by atoms with Gasteiger partial charge >= 0.3 is 0 Å². The van der Waals surface area contributed by atoms with Gasteiger partial charge in [0.25, 0.3) is 5.91 Å². The maximum absolute atomic E-state index is 13.3. The van der Waals surface area contributed by atoms with Crippen molar-refractivity contribution in [3.05, 3.63) is 93.7 Å². The van der Waals surface area contributed by atoms with Crippen LogP contribution in [0, 0.1) is 5.92 Å². The van der Waals surface area contributed by atoms with Gasteiger partial charge in [-0.3, -0.25) is 4.79 Å². The van der Waals surface area contributed by atoms with Gasteiger partial charge in [0.15, 0.2) is 0 Å².